The molecule has 8 heteroatoms. The maximum Gasteiger partial charge on any atom is 0.220 e. The largest absolute Gasteiger partial charge is 0.394 e. The first-order valence-electron chi connectivity index (χ1n) is 16.0. The number of nitrogens with one attached hydrogen (secondary N) is 1. The van der Waals surface area contributed by atoms with Gasteiger partial charge in [0.05, 0.1) is 18.8 Å². The zero-order valence-electron chi connectivity index (χ0n) is 25.5. The van der Waals surface area contributed by atoms with E-state index < -0.39 is 31.0 Å². The number of ether oxygens (including phenoxy) is 1. The first-order chi connectivity index (χ1) is 18.9. The van der Waals surface area contributed by atoms with Crippen molar-refractivity contribution in [3.05, 3.63) is 0 Å². The van der Waals surface area contributed by atoms with Gasteiger partial charge in [0.25, 0.3) is 0 Å². The minimum atomic E-state index is -1.69. The van der Waals surface area contributed by atoms with Crippen LogP contribution in [0.5, 0.6) is 0 Å². The maximum atomic E-state index is 12.6. The Morgan fingerprint density at radius 3 is 2.27 bits per heavy atom. The van der Waals surface area contributed by atoms with E-state index in [0.717, 1.165) is 24.2 Å². The van der Waals surface area contributed by atoms with Crippen molar-refractivity contribution in [2.75, 3.05) is 20.3 Å². The Kier molecular flexibility index (Phi) is 10.3. The topological polar surface area (TPSA) is 139 Å². The molecule has 40 heavy (non-hydrogen) atoms. The Morgan fingerprint density at radius 2 is 1.60 bits per heavy atom. The number of hydrogen-bond acceptors (Lipinski definition) is 7. The van der Waals surface area contributed by atoms with Crippen molar-refractivity contribution in [3.63, 3.8) is 0 Å². The lowest BCUT2D eigenvalue weighted by Crippen LogP contribution is -2.58. The second kappa shape index (κ2) is 12.8. The van der Waals surface area contributed by atoms with Crippen LogP contribution in [0.15, 0.2) is 0 Å². The van der Waals surface area contributed by atoms with E-state index in [9.17, 15) is 25.2 Å². The molecule has 8 nitrogen and oxygen atoms in total. The van der Waals surface area contributed by atoms with Crippen molar-refractivity contribution in [2.24, 2.45) is 52.3 Å². The van der Waals surface area contributed by atoms with Crippen LogP contribution >= 0.6 is 0 Å². The number of methoxy groups -OCH3 is 1. The SMILES string of the molecule is CO[C@@H]1C[C@@H]2C[C@H](C)CC[C@]2(C)[C@H]2CC[C@]3(C)[C@@H]([C@H](C)CCC(=O)NC[C@H](O)[C@@H](O)[C@H](O)[C@H](O)CO)CC[C@H]3[C@H]12. The number of rotatable bonds is 11. The molecule has 4 saturated carbocycles. The summed E-state index contributed by atoms with van der Waals surface area (Å²) in [6.07, 6.45) is 5.40. The predicted molar refractivity (Wildman–Crippen MR) is 153 cm³/mol. The molecule has 6 N–H and O–H groups in total. The molecule has 14 atom stereocenters. The summed E-state index contributed by atoms with van der Waals surface area (Å²) in [5.41, 5.74) is 0.711. The average molecular weight is 568 g/mol. The summed E-state index contributed by atoms with van der Waals surface area (Å²) in [7, 11) is 1.93. The van der Waals surface area contributed by atoms with E-state index >= 15 is 0 Å². The molecule has 4 fully saturated rings. The quantitative estimate of drug-likeness (QED) is 0.226. The molecular formula is C32H57NO7. The molecule has 0 unspecified atom stereocenters. The van der Waals surface area contributed by atoms with Crippen molar-refractivity contribution < 1.29 is 35.1 Å². The second-order valence-corrected chi connectivity index (χ2v) is 14.7. The monoisotopic (exact) mass is 567 g/mol. The molecule has 0 bridgehead atoms. The normalized spacial score (nSPS) is 43.0. The molecule has 0 spiro atoms. The van der Waals surface area contributed by atoms with Crippen molar-refractivity contribution in [1.82, 2.24) is 5.32 Å². The summed E-state index contributed by atoms with van der Waals surface area (Å²) in [5, 5.41) is 50.9. The summed E-state index contributed by atoms with van der Waals surface area (Å²) < 4.78 is 6.28. The van der Waals surface area contributed by atoms with E-state index in [1.807, 2.05) is 7.11 Å². The smallest absolute Gasteiger partial charge is 0.220 e. The van der Waals surface area contributed by atoms with Crippen molar-refractivity contribution in [3.8, 4) is 0 Å². The molecule has 0 aliphatic heterocycles. The number of amides is 1. The molecule has 0 heterocycles. The lowest BCUT2D eigenvalue weighted by Gasteiger charge is -2.63. The summed E-state index contributed by atoms with van der Waals surface area (Å²) in [6, 6.07) is 0. The molecule has 0 aromatic heterocycles. The van der Waals surface area contributed by atoms with Gasteiger partial charge in [-0.1, -0.05) is 34.1 Å². The van der Waals surface area contributed by atoms with Crippen LogP contribution in [0.4, 0.5) is 0 Å². The van der Waals surface area contributed by atoms with Crippen LogP contribution in [-0.2, 0) is 9.53 Å². The Labute approximate surface area is 241 Å². The van der Waals surface area contributed by atoms with Crippen LogP contribution in [0.1, 0.15) is 91.9 Å². The fourth-order valence-electron chi connectivity index (χ4n) is 10.2. The van der Waals surface area contributed by atoms with Gasteiger partial charge in [0.1, 0.15) is 18.3 Å². The number of hydrogen-bond donors (Lipinski definition) is 6. The van der Waals surface area contributed by atoms with Gasteiger partial charge in [-0.05, 0) is 104 Å². The van der Waals surface area contributed by atoms with E-state index in [1.54, 1.807) is 0 Å². The highest BCUT2D eigenvalue weighted by Gasteiger charge is 2.63. The highest BCUT2D eigenvalue weighted by molar-refractivity contribution is 5.75. The Balaban J connectivity index is 1.33. The zero-order chi connectivity index (χ0) is 29.4. The molecule has 0 aromatic rings. The zero-order valence-corrected chi connectivity index (χ0v) is 25.5. The van der Waals surface area contributed by atoms with E-state index in [1.165, 1.54) is 51.4 Å². The molecule has 232 valence electrons. The number of aliphatic hydroxyl groups is 5. The molecule has 4 rings (SSSR count). The Bertz CT molecular complexity index is 857. The minimum Gasteiger partial charge on any atom is -0.394 e. The van der Waals surface area contributed by atoms with Crippen molar-refractivity contribution >= 4 is 5.91 Å². The molecule has 0 radical (unpaired) electrons. The van der Waals surface area contributed by atoms with E-state index in [4.69, 9.17) is 9.84 Å². The van der Waals surface area contributed by atoms with Crippen LogP contribution in [0.3, 0.4) is 0 Å². The highest BCUT2D eigenvalue weighted by Crippen LogP contribution is 2.69. The first kappa shape index (κ1) is 32.2. The van der Waals surface area contributed by atoms with Gasteiger partial charge >= 0.3 is 0 Å². The Hall–Kier alpha value is -0.770. The fraction of sp³-hybridized carbons (Fsp3) is 0.969. The van der Waals surface area contributed by atoms with Crippen molar-refractivity contribution in [1.29, 1.82) is 0 Å². The number of aliphatic hydroxyl groups excluding tert-OH is 5. The second-order valence-electron chi connectivity index (χ2n) is 14.7. The molecule has 1 amide bonds. The average Bonchev–Trinajstić information content (AvgIpc) is 3.30. The van der Waals surface area contributed by atoms with Crippen molar-refractivity contribution in [2.45, 2.75) is 122 Å². The molecule has 4 aliphatic rings. The third-order valence-corrected chi connectivity index (χ3v) is 12.6. The van der Waals surface area contributed by atoms with Gasteiger partial charge in [0.2, 0.25) is 5.91 Å². The molecule has 0 aromatic carbocycles. The van der Waals surface area contributed by atoms with E-state index in [0.29, 0.717) is 41.6 Å². The number of carbonyl (C=O) groups excluding carboxylic acids is 1. The Morgan fingerprint density at radius 1 is 0.950 bits per heavy atom. The predicted octanol–water partition coefficient (Wildman–Crippen LogP) is 2.87. The minimum absolute atomic E-state index is 0.198. The fourth-order valence-corrected chi connectivity index (χ4v) is 10.2. The third-order valence-electron chi connectivity index (χ3n) is 12.6. The van der Waals surface area contributed by atoms with Gasteiger partial charge in [0, 0.05) is 20.1 Å². The van der Waals surface area contributed by atoms with Crippen LogP contribution in [-0.4, -0.2) is 82.2 Å². The number of carbonyl (C=O) groups is 1. The molecular weight excluding hydrogens is 510 g/mol. The van der Waals surface area contributed by atoms with Gasteiger partial charge in [-0.15, -0.1) is 0 Å². The maximum absolute atomic E-state index is 12.6. The molecule has 4 aliphatic carbocycles. The van der Waals surface area contributed by atoms with Gasteiger partial charge < -0.3 is 35.6 Å². The van der Waals surface area contributed by atoms with Crippen LogP contribution in [0.2, 0.25) is 0 Å². The van der Waals surface area contributed by atoms with Gasteiger partial charge in [-0.3, -0.25) is 4.79 Å². The first-order valence-corrected chi connectivity index (χ1v) is 16.0. The highest BCUT2D eigenvalue weighted by atomic mass is 16.5. The van der Waals surface area contributed by atoms with E-state index in [-0.39, 0.29) is 17.9 Å². The van der Waals surface area contributed by atoms with Gasteiger partial charge in [-0.25, -0.2) is 0 Å². The summed E-state index contributed by atoms with van der Waals surface area (Å²) in [6.45, 7) is 8.88. The molecule has 0 saturated heterocycles. The number of fused-ring (bicyclic) bond motifs is 5. The summed E-state index contributed by atoms with van der Waals surface area (Å²) in [5.74, 6) is 4.44. The lowest BCUT2D eigenvalue weighted by molar-refractivity contribution is -0.176. The van der Waals surface area contributed by atoms with Gasteiger partial charge in [0.15, 0.2) is 0 Å². The third kappa shape index (κ3) is 6.00. The summed E-state index contributed by atoms with van der Waals surface area (Å²) in [4.78, 5) is 12.6. The lowest BCUT2D eigenvalue weighted by atomic mass is 9.43. The van der Waals surface area contributed by atoms with Crippen LogP contribution in [0.25, 0.3) is 0 Å². The van der Waals surface area contributed by atoms with Crippen LogP contribution in [0, 0.1) is 52.3 Å². The summed E-state index contributed by atoms with van der Waals surface area (Å²) >= 11 is 0. The standard InChI is InChI=1S/C32H57NO7/c1-18-10-12-31(3)20(14-18)15-26(40-5)28-22-8-7-21(32(22,4)13-11-23(28)31)19(2)6-9-27(37)33-16-24(35)29(38)30(39)25(36)17-34/h18-26,28-30,34-36,38-39H,6-17H2,1-5H3,(H,33,37)/t18-,19-,20+,21-,22+,23+,24+,25-,26-,28+,29-,30-,31+,32-/m1/s1. The van der Waals surface area contributed by atoms with Crippen LogP contribution < -0.4 is 5.32 Å². The van der Waals surface area contributed by atoms with Gasteiger partial charge in [-0.2, -0.15) is 0 Å². The van der Waals surface area contributed by atoms with E-state index in [2.05, 4.69) is 33.0 Å².